The van der Waals surface area contributed by atoms with Gasteiger partial charge in [-0.3, -0.25) is 4.90 Å². The Hall–Kier alpha value is -0.890. The number of rotatable bonds is 5. The number of aromatic nitrogens is 1. The standard InChI is InChI=1S/C14H26N4O2S/c1-12(2)17-5-7-18(8-6-17)21(19,20)14-9-13(10-15-3)16(4)11-14/h9,11-12,15H,5-8,10H2,1-4H3. The van der Waals surface area contributed by atoms with Crippen molar-refractivity contribution >= 4 is 10.0 Å². The van der Waals surface area contributed by atoms with Gasteiger partial charge in [0.15, 0.2) is 0 Å². The van der Waals surface area contributed by atoms with Gasteiger partial charge in [0.2, 0.25) is 10.0 Å². The fourth-order valence-corrected chi connectivity index (χ4v) is 4.20. The Morgan fingerprint density at radius 2 is 1.86 bits per heavy atom. The maximum absolute atomic E-state index is 12.7. The summed E-state index contributed by atoms with van der Waals surface area (Å²) in [6, 6.07) is 2.23. The predicted molar refractivity (Wildman–Crippen MR) is 83.6 cm³/mol. The van der Waals surface area contributed by atoms with Gasteiger partial charge in [-0.15, -0.1) is 0 Å². The predicted octanol–water partition coefficient (Wildman–Crippen LogP) is 0.459. The van der Waals surface area contributed by atoms with Crippen molar-refractivity contribution in [1.29, 1.82) is 0 Å². The third kappa shape index (κ3) is 3.48. The molecule has 2 rings (SSSR count). The van der Waals surface area contributed by atoms with Gasteiger partial charge in [-0.05, 0) is 27.0 Å². The van der Waals surface area contributed by atoms with Crippen LogP contribution in [0.1, 0.15) is 19.5 Å². The summed E-state index contributed by atoms with van der Waals surface area (Å²) in [5.74, 6) is 0. The van der Waals surface area contributed by atoms with E-state index in [2.05, 4.69) is 24.1 Å². The van der Waals surface area contributed by atoms with E-state index in [0.29, 0.717) is 30.6 Å². The van der Waals surface area contributed by atoms with Crippen molar-refractivity contribution in [1.82, 2.24) is 19.1 Å². The first kappa shape index (κ1) is 16.5. The molecule has 120 valence electrons. The molecule has 1 saturated heterocycles. The number of aryl methyl sites for hydroxylation is 1. The van der Waals surface area contributed by atoms with Crippen molar-refractivity contribution in [3.63, 3.8) is 0 Å². The molecule has 0 bridgehead atoms. The molecule has 2 heterocycles. The minimum atomic E-state index is -3.37. The molecule has 0 radical (unpaired) electrons. The van der Waals surface area contributed by atoms with Crippen LogP contribution in [0.15, 0.2) is 17.2 Å². The molecule has 1 aliphatic rings. The van der Waals surface area contributed by atoms with Gasteiger partial charge in [-0.2, -0.15) is 4.31 Å². The monoisotopic (exact) mass is 314 g/mol. The van der Waals surface area contributed by atoms with Gasteiger partial charge in [0.25, 0.3) is 0 Å². The van der Waals surface area contributed by atoms with Crippen LogP contribution >= 0.6 is 0 Å². The lowest BCUT2D eigenvalue weighted by molar-refractivity contribution is 0.154. The van der Waals surface area contributed by atoms with E-state index in [0.717, 1.165) is 18.8 Å². The lowest BCUT2D eigenvalue weighted by Crippen LogP contribution is -2.50. The molecule has 6 nitrogen and oxygen atoms in total. The number of hydrogen-bond acceptors (Lipinski definition) is 4. The summed E-state index contributed by atoms with van der Waals surface area (Å²) in [5, 5.41) is 3.05. The van der Waals surface area contributed by atoms with Crippen LogP contribution in [0.25, 0.3) is 0 Å². The molecule has 21 heavy (non-hydrogen) atoms. The van der Waals surface area contributed by atoms with Crippen LogP contribution in [0.5, 0.6) is 0 Å². The van der Waals surface area contributed by atoms with Crippen molar-refractivity contribution in [3.8, 4) is 0 Å². The first-order valence-electron chi connectivity index (χ1n) is 7.40. The topological polar surface area (TPSA) is 57.6 Å². The van der Waals surface area contributed by atoms with E-state index in [1.165, 1.54) is 0 Å². The zero-order chi connectivity index (χ0) is 15.6. The maximum atomic E-state index is 12.7. The molecule has 1 fully saturated rings. The molecule has 0 spiro atoms. The van der Waals surface area contributed by atoms with Gasteiger partial charge in [0, 0.05) is 57.7 Å². The van der Waals surface area contributed by atoms with Gasteiger partial charge in [-0.1, -0.05) is 0 Å². The normalized spacial score (nSPS) is 18.5. The molecule has 1 aromatic rings. The highest BCUT2D eigenvalue weighted by atomic mass is 32.2. The minimum absolute atomic E-state index is 0.397. The van der Waals surface area contributed by atoms with E-state index in [9.17, 15) is 8.42 Å². The average molecular weight is 314 g/mol. The fourth-order valence-electron chi connectivity index (χ4n) is 2.68. The minimum Gasteiger partial charge on any atom is -0.352 e. The summed E-state index contributed by atoms with van der Waals surface area (Å²) in [7, 11) is 0.358. The number of nitrogens with zero attached hydrogens (tertiary/aromatic N) is 3. The molecule has 1 aliphatic heterocycles. The molecule has 0 amide bonds. The molecule has 1 aromatic heterocycles. The Morgan fingerprint density at radius 3 is 2.38 bits per heavy atom. The summed E-state index contributed by atoms with van der Waals surface area (Å²) in [6.07, 6.45) is 1.71. The third-order valence-electron chi connectivity index (χ3n) is 4.08. The zero-order valence-electron chi connectivity index (χ0n) is 13.3. The summed E-state index contributed by atoms with van der Waals surface area (Å²) < 4.78 is 28.9. The largest absolute Gasteiger partial charge is 0.352 e. The van der Waals surface area contributed by atoms with E-state index in [1.54, 1.807) is 16.6 Å². The van der Waals surface area contributed by atoms with Crippen molar-refractivity contribution < 1.29 is 8.42 Å². The molecule has 1 N–H and O–H groups in total. The van der Waals surface area contributed by atoms with Crippen molar-refractivity contribution in [2.24, 2.45) is 7.05 Å². The van der Waals surface area contributed by atoms with Crippen LogP contribution in [0.2, 0.25) is 0 Å². The number of piperazine rings is 1. The second kappa shape index (κ2) is 6.48. The summed E-state index contributed by atoms with van der Waals surface area (Å²) in [6.45, 7) is 7.68. The highest BCUT2D eigenvalue weighted by Crippen LogP contribution is 2.20. The molecule has 7 heteroatoms. The van der Waals surface area contributed by atoms with Gasteiger partial charge in [-0.25, -0.2) is 8.42 Å². The average Bonchev–Trinajstić information content (AvgIpc) is 2.81. The van der Waals surface area contributed by atoms with E-state index < -0.39 is 10.0 Å². The van der Waals surface area contributed by atoms with Crippen molar-refractivity contribution in [2.75, 3.05) is 33.2 Å². The molecule has 0 aromatic carbocycles. The van der Waals surface area contributed by atoms with Crippen molar-refractivity contribution in [2.45, 2.75) is 31.3 Å². The molecule has 0 atom stereocenters. The second-order valence-corrected chi connectivity index (χ2v) is 7.78. The van der Waals surface area contributed by atoms with Crippen LogP contribution < -0.4 is 5.32 Å². The summed E-state index contributed by atoms with van der Waals surface area (Å²) in [5.41, 5.74) is 0.969. The van der Waals surface area contributed by atoms with Crippen LogP contribution in [0.4, 0.5) is 0 Å². The summed E-state index contributed by atoms with van der Waals surface area (Å²) >= 11 is 0. The van der Waals surface area contributed by atoms with Crippen LogP contribution in [0, 0.1) is 0 Å². The van der Waals surface area contributed by atoms with Gasteiger partial charge in [0.05, 0.1) is 0 Å². The van der Waals surface area contributed by atoms with Gasteiger partial charge in [0.1, 0.15) is 4.90 Å². The Labute approximate surface area is 127 Å². The lowest BCUT2D eigenvalue weighted by Gasteiger charge is -2.36. The van der Waals surface area contributed by atoms with Crippen LogP contribution in [0.3, 0.4) is 0 Å². The zero-order valence-corrected chi connectivity index (χ0v) is 14.2. The Bertz CT molecular complexity index is 572. The third-order valence-corrected chi connectivity index (χ3v) is 5.95. The molecule has 0 saturated carbocycles. The van der Waals surface area contributed by atoms with Crippen molar-refractivity contribution in [3.05, 3.63) is 18.0 Å². The summed E-state index contributed by atoms with van der Waals surface area (Å²) in [4.78, 5) is 2.71. The number of hydrogen-bond donors (Lipinski definition) is 1. The molecular formula is C14H26N4O2S. The van der Waals surface area contributed by atoms with Crippen LogP contribution in [-0.4, -0.2) is 61.5 Å². The maximum Gasteiger partial charge on any atom is 0.244 e. The molecular weight excluding hydrogens is 288 g/mol. The molecule has 0 unspecified atom stereocenters. The Morgan fingerprint density at radius 1 is 1.24 bits per heavy atom. The van der Waals surface area contributed by atoms with Gasteiger partial charge < -0.3 is 9.88 Å². The first-order valence-corrected chi connectivity index (χ1v) is 8.84. The lowest BCUT2D eigenvalue weighted by atomic mass is 10.3. The van der Waals surface area contributed by atoms with E-state index in [1.807, 2.05) is 18.7 Å². The highest BCUT2D eigenvalue weighted by molar-refractivity contribution is 7.89. The Balaban J connectivity index is 2.14. The second-order valence-electron chi connectivity index (χ2n) is 5.84. The number of sulfonamides is 1. The molecule has 0 aliphatic carbocycles. The van der Waals surface area contributed by atoms with E-state index >= 15 is 0 Å². The SMILES string of the molecule is CNCc1cc(S(=O)(=O)N2CCN(C(C)C)CC2)cn1C. The quantitative estimate of drug-likeness (QED) is 0.858. The number of nitrogens with one attached hydrogen (secondary N) is 1. The van der Waals surface area contributed by atoms with Gasteiger partial charge >= 0.3 is 0 Å². The first-order chi connectivity index (χ1) is 9.86. The van der Waals surface area contributed by atoms with E-state index in [-0.39, 0.29) is 0 Å². The van der Waals surface area contributed by atoms with E-state index in [4.69, 9.17) is 0 Å². The smallest absolute Gasteiger partial charge is 0.244 e. The Kier molecular flexibility index (Phi) is 5.08. The fraction of sp³-hybridized carbons (Fsp3) is 0.714. The highest BCUT2D eigenvalue weighted by Gasteiger charge is 2.30. The van der Waals surface area contributed by atoms with Crippen LogP contribution in [-0.2, 0) is 23.6 Å².